The molecular formula is C10H12ClNS. The van der Waals surface area contributed by atoms with E-state index in [4.69, 9.17) is 11.6 Å². The molecule has 1 aromatic rings. The van der Waals surface area contributed by atoms with Gasteiger partial charge in [-0.05, 0) is 37.6 Å². The van der Waals surface area contributed by atoms with Crippen molar-refractivity contribution in [3.63, 3.8) is 0 Å². The van der Waals surface area contributed by atoms with Crippen LogP contribution in [0.15, 0.2) is 29.2 Å². The number of hydrogen-bond acceptors (Lipinski definition) is 2. The molecule has 1 aliphatic heterocycles. The molecule has 0 aliphatic carbocycles. The maximum absolute atomic E-state index is 5.90. The van der Waals surface area contributed by atoms with E-state index in [0.29, 0.717) is 5.37 Å². The van der Waals surface area contributed by atoms with Gasteiger partial charge in [-0.1, -0.05) is 17.7 Å². The van der Waals surface area contributed by atoms with E-state index in [9.17, 15) is 0 Å². The van der Waals surface area contributed by atoms with E-state index < -0.39 is 0 Å². The van der Waals surface area contributed by atoms with Crippen molar-refractivity contribution in [1.29, 1.82) is 0 Å². The Labute approximate surface area is 87.9 Å². The summed E-state index contributed by atoms with van der Waals surface area (Å²) in [5, 5.41) is 4.85. The van der Waals surface area contributed by atoms with E-state index in [-0.39, 0.29) is 0 Å². The summed E-state index contributed by atoms with van der Waals surface area (Å²) in [6, 6.07) is 8.04. The molecule has 70 valence electrons. The largest absolute Gasteiger partial charge is 0.305 e. The molecule has 0 aromatic heterocycles. The molecule has 0 saturated carbocycles. The quantitative estimate of drug-likeness (QED) is 0.810. The van der Waals surface area contributed by atoms with Crippen LogP contribution in [0.4, 0.5) is 0 Å². The topological polar surface area (TPSA) is 12.0 Å². The Morgan fingerprint density at radius 2 is 2.38 bits per heavy atom. The summed E-state index contributed by atoms with van der Waals surface area (Å²) in [6.07, 6.45) is 2.55. The zero-order valence-electron chi connectivity index (χ0n) is 7.29. The summed E-state index contributed by atoms with van der Waals surface area (Å²) in [5.74, 6) is 0. The van der Waals surface area contributed by atoms with Gasteiger partial charge in [-0.3, -0.25) is 0 Å². The standard InChI is InChI=1S/C10H12ClNS/c11-8-3-1-4-9(7-8)13-10-5-2-6-12-10/h1,3-4,7,10,12H,2,5-6H2. The molecule has 0 bridgehead atoms. The summed E-state index contributed by atoms with van der Waals surface area (Å²) in [6.45, 7) is 1.15. The van der Waals surface area contributed by atoms with Gasteiger partial charge in [0.2, 0.25) is 0 Å². The van der Waals surface area contributed by atoms with Crippen LogP contribution in [0, 0.1) is 0 Å². The number of nitrogens with one attached hydrogen (secondary N) is 1. The van der Waals surface area contributed by atoms with Gasteiger partial charge in [-0.25, -0.2) is 0 Å². The molecule has 1 saturated heterocycles. The van der Waals surface area contributed by atoms with Crippen LogP contribution in [0.5, 0.6) is 0 Å². The lowest BCUT2D eigenvalue weighted by molar-refractivity contribution is 0.806. The Hall–Kier alpha value is -0.180. The van der Waals surface area contributed by atoms with Gasteiger partial charge in [0, 0.05) is 9.92 Å². The number of hydrogen-bond donors (Lipinski definition) is 1. The minimum absolute atomic E-state index is 0.582. The van der Waals surface area contributed by atoms with Crippen LogP contribution in [0.2, 0.25) is 5.02 Å². The van der Waals surface area contributed by atoms with Crippen molar-refractivity contribution in [3.8, 4) is 0 Å². The maximum atomic E-state index is 5.90. The SMILES string of the molecule is Clc1cccc(SC2CCCN2)c1. The lowest BCUT2D eigenvalue weighted by Gasteiger charge is -2.09. The van der Waals surface area contributed by atoms with Gasteiger partial charge in [0.05, 0.1) is 5.37 Å². The average Bonchev–Trinajstić information content (AvgIpc) is 2.57. The zero-order valence-corrected chi connectivity index (χ0v) is 8.87. The molecule has 2 rings (SSSR count). The van der Waals surface area contributed by atoms with Gasteiger partial charge in [-0.2, -0.15) is 0 Å². The molecule has 1 nitrogen and oxygen atoms in total. The zero-order chi connectivity index (χ0) is 9.10. The van der Waals surface area contributed by atoms with E-state index in [1.54, 1.807) is 0 Å². The average molecular weight is 214 g/mol. The fraction of sp³-hybridized carbons (Fsp3) is 0.400. The highest BCUT2D eigenvalue weighted by molar-refractivity contribution is 7.99. The second-order valence-corrected chi connectivity index (χ2v) is 4.87. The predicted octanol–water partition coefficient (Wildman–Crippen LogP) is 3.14. The minimum Gasteiger partial charge on any atom is -0.305 e. The van der Waals surface area contributed by atoms with Gasteiger partial charge in [-0.15, -0.1) is 11.8 Å². The maximum Gasteiger partial charge on any atom is 0.0580 e. The predicted molar refractivity (Wildman–Crippen MR) is 58.3 cm³/mol. The number of halogens is 1. The number of benzene rings is 1. The minimum atomic E-state index is 0.582. The molecule has 1 unspecified atom stereocenters. The third-order valence-corrected chi connectivity index (χ3v) is 3.54. The second-order valence-electron chi connectivity index (χ2n) is 3.16. The third-order valence-electron chi connectivity index (χ3n) is 2.09. The van der Waals surface area contributed by atoms with Crippen LogP contribution in [0.25, 0.3) is 0 Å². The Morgan fingerprint density at radius 1 is 1.46 bits per heavy atom. The highest BCUT2D eigenvalue weighted by atomic mass is 35.5. The summed E-state index contributed by atoms with van der Waals surface area (Å²) < 4.78 is 0. The fourth-order valence-corrected chi connectivity index (χ4v) is 2.88. The monoisotopic (exact) mass is 213 g/mol. The van der Waals surface area contributed by atoms with Crippen molar-refractivity contribution < 1.29 is 0 Å². The number of thioether (sulfide) groups is 1. The van der Waals surface area contributed by atoms with Gasteiger partial charge < -0.3 is 5.32 Å². The second kappa shape index (κ2) is 4.36. The molecule has 1 atom stereocenters. The molecule has 0 amide bonds. The summed E-state index contributed by atoms with van der Waals surface area (Å²) in [5.41, 5.74) is 0. The van der Waals surface area contributed by atoms with Crippen molar-refractivity contribution in [3.05, 3.63) is 29.3 Å². The molecule has 1 aromatic carbocycles. The Balaban J connectivity index is 2.00. The summed E-state index contributed by atoms with van der Waals surface area (Å²) >= 11 is 7.77. The first kappa shape index (κ1) is 9.38. The first-order chi connectivity index (χ1) is 6.34. The van der Waals surface area contributed by atoms with Gasteiger partial charge in [0.1, 0.15) is 0 Å². The third kappa shape index (κ3) is 2.63. The summed E-state index contributed by atoms with van der Waals surface area (Å²) in [4.78, 5) is 1.26. The molecule has 1 fully saturated rings. The summed E-state index contributed by atoms with van der Waals surface area (Å²) in [7, 11) is 0. The van der Waals surface area contributed by atoms with E-state index in [1.807, 2.05) is 30.0 Å². The van der Waals surface area contributed by atoms with Crippen molar-refractivity contribution in [2.24, 2.45) is 0 Å². The van der Waals surface area contributed by atoms with Crippen LogP contribution < -0.4 is 5.32 Å². The van der Waals surface area contributed by atoms with Gasteiger partial charge in [0.15, 0.2) is 0 Å². The molecule has 3 heteroatoms. The van der Waals surface area contributed by atoms with E-state index in [0.717, 1.165) is 11.6 Å². The van der Waals surface area contributed by atoms with E-state index in [2.05, 4.69) is 11.4 Å². The van der Waals surface area contributed by atoms with Crippen LogP contribution >= 0.6 is 23.4 Å². The van der Waals surface area contributed by atoms with Crippen LogP contribution in [-0.2, 0) is 0 Å². The highest BCUT2D eigenvalue weighted by Gasteiger charge is 2.14. The van der Waals surface area contributed by atoms with E-state index >= 15 is 0 Å². The molecule has 0 spiro atoms. The van der Waals surface area contributed by atoms with Crippen molar-refractivity contribution in [2.75, 3.05) is 6.54 Å². The van der Waals surface area contributed by atoms with Crippen molar-refractivity contribution >= 4 is 23.4 Å². The molecule has 1 aliphatic rings. The van der Waals surface area contributed by atoms with Gasteiger partial charge in [0.25, 0.3) is 0 Å². The highest BCUT2D eigenvalue weighted by Crippen LogP contribution is 2.28. The van der Waals surface area contributed by atoms with E-state index in [1.165, 1.54) is 17.7 Å². The van der Waals surface area contributed by atoms with Crippen molar-refractivity contribution in [2.45, 2.75) is 23.1 Å². The van der Waals surface area contributed by atoms with Crippen LogP contribution in [-0.4, -0.2) is 11.9 Å². The fourth-order valence-electron chi connectivity index (χ4n) is 1.46. The Kier molecular flexibility index (Phi) is 3.14. The molecule has 0 radical (unpaired) electrons. The molecule has 1 N–H and O–H groups in total. The Morgan fingerprint density at radius 3 is 3.08 bits per heavy atom. The lowest BCUT2D eigenvalue weighted by Crippen LogP contribution is -2.16. The first-order valence-corrected chi connectivity index (χ1v) is 5.76. The molecule has 13 heavy (non-hydrogen) atoms. The van der Waals surface area contributed by atoms with Crippen LogP contribution in [0.3, 0.4) is 0 Å². The van der Waals surface area contributed by atoms with Crippen molar-refractivity contribution in [1.82, 2.24) is 5.32 Å². The molecule has 1 heterocycles. The number of rotatable bonds is 2. The van der Waals surface area contributed by atoms with Gasteiger partial charge >= 0.3 is 0 Å². The first-order valence-electron chi connectivity index (χ1n) is 4.50. The molecular weight excluding hydrogens is 202 g/mol. The Bertz CT molecular complexity index is 284. The van der Waals surface area contributed by atoms with Crippen LogP contribution in [0.1, 0.15) is 12.8 Å². The smallest absolute Gasteiger partial charge is 0.0580 e. The normalized spacial score (nSPS) is 22.1. The lowest BCUT2D eigenvalue weighted by atomic mass is 10.4.